The van der Waals surface area contributed by atoms with Gasteiger partial charge in [-0.25, -0.2) is 4.57 Å². The lowest BCUT2D eigenvalue weighted by Gasteiger charge is -2.27. The number of nitrogens with one attached hydrogen (secondary N) is 1. The molecule has 0 bridgehead atoms. The zero-order valence-corrected chi connectivity index (χ0v) is 10.5. The van der Waals surface area contributed by atoms with Crippen molar-refractivity contribution in [3.63, 3.8) is 0 Å². The molecule has 1 atom stereocenters. The van der Waals surface area contributed by atoms with Crippen molar-refractivity contribution in [2.45, 2.75) is 13.0 Å². The molecule has 1 aliphatic carbocycles. The summed E-state index contributed by atoms with van der Waals surface area (Å²) in [4.78, 5) is 3.06. The lowest BCUT2D eigenvalue weighted by Crippen LogP contribution is -3.00. The third-order valence-corrected chi connectivity index (χ3v) is 3.02. The van der Waals surface area contributed by atoms with Crippen LogP contribution in [-0.2, 0) is 6.54 Å². The fraction of sp³-hybridized carbons (Fsp3) is 0.214. The van der Waals surface area contributed by atoms with Crippen molar-refractivity contribution in [3.8, 4) is 0 Å². The van der Waals surface area contributed by atoms with Gasteiger partial charge in [-0.3, -0.25) is 4.98 Å². The second-order valence-corrected chi connectivity index (χ2v) is 4.20. The van der Waals surface area contributed by atoms with Crippen LogP contribution in [0, 0.1) is 5.41 Å². The summed E-state index contributed by atoms with van der Waals surface area (Å²) in [6.45, 7) is 8.71. The van der Waals surface area contributed by atoms with Gasteiger partial charge in [0.1, 0.15) is 18.9 Å². The van der Waals surface area contributed by atoms with Crippen LogP contribution in [0.2, 0.25) is 0 Å². The molecule has 0 aromatic carbocycles. The lowest BCUT2D eigenvalue weighted by atomic mass is 9.78. The highest BCUT2D eigenvalue weighted by atomic mass is 35.5. The summed E-state index contributed by atoms with van der Waals surface area (Å²) in [6.07, 6.45) is 17.3. The van der Waals surface area contributed by atoms with Crippen LogP contribution in [0.25, 0.3) is 0 Å². The van der Waals surface area contributed by atoms with Gasteiger partial charge in [0.05, 0.1) is 0 Å². The average molecular weight is 249 g/mol. The molecule has 0 fully saturated rings. The number of allylic oxidation sites excluding steroid dienone is 6. The van der Waals surface area contributed by atoms with E-state index in [4.69, 9.17) is 0 Å². The zero-order valence-electron chi connectivity index (χ0n) is 9.77. The molecular weight excluding hydrogens is 232 g/mol. The summed E-state index contributed by atoms with van der Waals surface area (Å²) in [5, 5.41) is 0. The summed E-state index contributed by atoms with van der Waals surface area (Å²) in [7, 11) is 0. The van der Waals surface area contributed by atoms with Crippen LogP contribution < -0.4 is 17.0 Å². The molecule has 1 N–H and O–H groups in total. The zero-order chi connectivity index (χ0) is 11.4. The van der Waals surface area contributed by atoms with E-state index < -0.39 is 0 Å². The van der Waals surface area contributed by atoms with Crippen molar-refractivity contribution < 1.29 is 17.0 Å². The number of hydrogen-bond donors (Lipinski definition) is 1. The third-order valence-electron chi connectivity index (χ3n) is 3.02. The Kier molecular flexibility index (Phi) is 4.53. The SMILES string of the molecule is C=CC1=CC=CC(C=C)(C[n+]2cc[nH]c2)C1.[Cl-]. The van der Waals surface area contributed by atoms with Gasteiger partial charge in [-0.2, -0.15) is 0 Å². The van der Waals surface area contributed by atoms with Crippen molar-refractivity contribution in [2.75, 3.05) is 0 Å². The number of nitrogens with zero attached hydrogens (tertiary/aromatic N) is 1. The molecule has 17 heavy (non-hydrogen) atoms. The summed E-state index contributed by atoms with van der Waals surface area (Å²) < 4.78 is 2.14. The van der Waals surface area contributed by atoms with Crippen LogP contribution in [0.3, 0.4) is 0 Å². The minimum atomic E-state index is 0. The van der Waals surface area contributed by atoms with E-state index in [1.165, 1.54) is 5.57 Å². The Labute approximate surface area is 108 Å². The number of H-pyrrole nitrogens is 1. The number of aromatic nitrogens is 2. The Morgan fingerprint density at radius 3 is 2.88 bits per heavy atom. The van der Waals surface area contributed by atoms with E-state index in [0.717, 1.165) is 13.0 Å². The quantitative estimate of drug-likeness (QED) is 0.550. The number of imidazole rings is 1. The summed E-state index contributed by atoms with van der Waals surface area (Å²) >= 11 is 0. The first-order valence-electron chi connectivity index (χ1n) is 5.44. The first-order valence-corrected chi connectivity index (χ1v) is 5.44. The average Bonchev–Trinajstić information content (AvgIpc) is 2.82. The molecular formula is C14H17ClN2. The molecule has 3 heteroatoms. The Morgan fingerprint density at radius 1 is 1.47 bits per heavy atom. The molecule has 0 radical (unpaired) electrons. The van der Waals surface area contributed by atoms with E-state index >= 15 is 0 Å². The summed E-state index contributed by atoms with van der Waals surface area (Å²) in [5.74, 6) is 0. The van der Waals surface area contributed by atoms with Crippen molar-refractivity contribution >= 4 is 0 Å². The molecule has 1 heterocycles. The van der Waals surface area contributed by atoms with E-state index in [1.54, 1.807) is 0 Å². The summed E-state index contributed by atoms with van der Waals surface area (Å²) in [5.41, 5.74) is 1.27. The van der Waals surface area contributed by atoms with Crippen molar-refractivity contribution in [1.82, 2.24) is 4.98 Å². The van der Waals surface area contributed by atoms with Gasteiger partial charge < -0.3 is 12.4 Å². The van der Waals surface area contributed by atoms with E-state index in [0.29, 0.717) is 0 Å². The normalized spacial score (nSPS) is 22.5. The molecule has 1 unspecified atom stereocenters. The maximum Gasteiger partial charge on any atom is 0.241 e. The second kappa shape index (κ2) is 5.69. The number of aromatic amines is 1. The predicted octanol–water partition coefficient (Wildman–Crippen LogP) is -0.449. The highest BCUT2D eigenvalue weighted by molar-refractivity contribution is 5.32. The van der Waals surface area contributed by atoms with Gasteiger partial charge in [0.15, 0.2) is 0 Å². The predicted molar refractivity (Wildman–Crippen MR) is 65.7 cm³/mol. The van der Waals surface area contributed by atoms with E-state index in [1.807, 2.05) is 30.9 Å². The van der Waals surface area contributed by atoms with Crippen LogP contribution >= 0.6 is 0 Å². The van der Waals surface area contributed by atoms with Gasteiger partial charge in [0, 0.05) is 5.41 Å². The van der Waals surface area contributed by atoms with Crippen LogP contribution in [-0.4, -0.2) is 4.98 Å². The van der Waals surface area contributed by atoms with E-state index in [2.05, 4.69) is 40.9 Å². The minimum absolute atomic E-state index is 0. The lowest BCUT2D eigenvalue weighted by molar-refractivity contribution is -0.704. The first kappa shape index (κ1) is 13.5. The molecule has 1 aromatic rings. The number of hydrogen-bond acceptors (Lipinski definition) is 0. The fourth-order valence-corrected chi connectivity index (χ4v) is 2.07. The van der Waals surface area contributed by atoms with Crippen molar-refractivity contribution in [3.05, 3.63) is 67.8 Å². The first-order chi connectivity index (χ1) is 7.78. The van der Waals surface area contributed by atoms with Gasteiger partial charge in [-0.1, -0.05) is 37.0 Å². The van der Waals surface area contributed by atoms with Gasteiger partial charge in [-0.15, -0.1) is 6.58 Å². The highest BCUT2D eigenvalue weighted by Gasteiger charge is 2.28. The maximum atomic E-state index is 3.97. The molecule has 0 spiro atoms. The van der Waals surface area contributed by atoms with Gasteiger partial charge in [-0.05, 0) is 12.0 Å². The standard InChI is InChI=1S/C14H16N2.ClH/c1-3-13-6-5-7-14(4-2,10-13)11-16-9-8-15-12-16;/h3-9,12H,1-2,10-11H2;1H. The Bertz CT molecular complexity index is 443. The molecule has 2 rings (SSSR count). The maximum absolute atomic E-state index is 3.97. The van der Waals surface area contributed by atoms with Crippen LogP contribution in [0.4, 0.5) is 0 Å². The van der Waals surface area contributed by atoms with Gasteiger partial charge in [0.25, 0.3) is 0 Å². The Balaban J connectivity index is 0.00000144. The Hall–Kier alpha value is -1.54. The largest absolute Gasteiger partial charge is 1.00 e. The van der Waals surface area contributed by atoms with Crippen molar-refractivity contribution in [2.24, 2.45) is 5.41 Å². The van der Waals surface area contributed by atoms with Crippen LogP contribution in [0.1, 0.15) is 6.42 Å². The highest BCUT2D eigenvalue weighted by Crippen LogP contribution is 2.33. The van der Waals surface area contributed by atoms with E-state index in [-0.39, 0.29) is 17.8 Å². The van der Waals surface area contributed by atoms with Gasteiger partial charge in [0.2, 0.25) is 6.33 Å². The topological polar surface area (TPSA) is 19.7 Å². The van der Waals surface area contributed by atoms with Gasteiger partial charge >= 0.3 is 0 Å². The molecule has 0 amide bonds. The molecule has 1 aliphatic rings. The Morgan fingerprint density at radius 2 is 2.29 bits per heavy atom. The summed E-state index contributed by atoms with van der Waals surface area (Å²) in [6, 6.07) is 0. The van der Waals surface area contributed by atoms with Crippen LogP contribution in [0.15, 0.2) is 67.8 Å². The van der Waals surface area contributed by atoms with Crippen molar-refractivity contribution in [1.29, 1.82) is 0 Å². The molecule has 1 aromatic heterocycles. The molecule has 2 nitrogen and oxygen atoms in total. The number of halogens is 1. The molecule has 0 saturated heterocycles. The minimum Gasteiger partial charge on any atom is -1.00 e. The monoisotopic (exact) mass is 248 g/mol. The number of rotatable bonds is 4. The smallest absolute Gasteiger partial charge is 0.241 e. The molecule has 0 saturated carbocycles. The molecule has 0 aliphatic heterocycles. The second-order valence-electron chi connectivity index (χ2n) is 4.20. The molecule has 90 valence electrons. The van der Waals surface area contributed by atoms with E-state index in [9.17, 15) is 0 Å². The van der Waals surface area contributed by atoms with Crippen LogP contribution in [0.5, 0.6) is 0 Å². The third kappa shape index (κ3) is 2.98. The fourth-order valence-electron chi connectivity index (χ4n) is 2.07.